The van der Waals surface area contributed by atoms with Crippen molar-refractivity contribution >= 4 is 60.0 Å². The lowest BCUT2D eigenvalue weighted by Crippen LogP contribution is -2.08. The van der Waals surface area contributed by atoms with Crippen molar-refractivity contribution < 1.29 is 0 Å². The predicted molar refractivity (Wildman–Crippen MR) is 204 cm³/mol. The van der Waals surface area contributed by atoms with Crippen LogP contribution in [0.15, 0.2) is 164 Å². The number of hydrogen-bond acceptors (Lipinski definition) is 3. The Morgan fingerprint density at radius 3 is 1.71 bits per heavy atom. The Balaban J connectivity index is 1.53. The highest BCUT2D eigenvalue weighted by molar-refractivity contribution is 6.36. The lowest BCUT2D eigenvalue weighted by molar-refractivity contribution is 0.930. The van der Waals surface area contributed by atoms with E-state index in [-0.39, 0.29) is 0 Å². The summed E-state index contributed by atoms with van der Waals surface area (Å²) in [5.41, 5.74) is 7.29. The van der Waals surface area contributed by atoms with Gasteiger partial charge in [0.2, 0.25) is 5.95 Å². The molecule has 9 aromatic rings. The van der Waals surface area contributed by atoms with Crippen LogP contribution >= 0.6 is 0 Å². The molecule has 0 radical (unpaired) electrons. The van der Waals surface area contributed by atoms with E-state index in [0.717, 1.165) is 44.3 Å². The molecule has 0 unspecified atom stereocenters. The summed E-state index contributed by atoms with van der Waals surface area (Å²) >= 11 is 0. The fourth-order valence-electron chi connectivity index (χ4n) is 7.16. The third-order valence-corrected chi connectivity index (χ3v) is 9.26. The Hall–Kier alpha value is -6.59. The van der Waals surface area contributed by atoms with E-state index >= 15 is 0 Å². The number of nitrogens with zero attached hydrogens (tertiary/aromatic N) is 5. The first-order chi connectivity index (χ1) is 24.2. The minimum Gasteiger partial charge on any atom is -0.307 e. The quantitative estimate of drug-likeness (QED) is 0.172. The van der Waals surface area contributed by atoms with Gasteiger partial charge in [-0.05, 0) is 47.5 Å². The normalized spacial score (nSPS) is 12.3. The Labute approximate surface area is 283 Å². The molecule has 5 heteroatoms. The summed E-state index contributed by atoms with van der Waals surface area (Å²) in [7, 11) is 0. The maximum absolute atomic E-state index is 5.24. The summed E-state index contributed by atoms with van der Waals surface area (Å²) < 4.78 is 4.66. The van der Waals surface area contributed by atoms with Gasteiger partial charge in [-0.25, -0.2) is 4.98 Å². The zero-order valence-corrected chi connectivity index (χ0v) is 27.0. The number of hydrogen-bond donors (Lipinski definition) is 0. The summed E-state index contributed by atoms with van der Waals surface area (Å²) in [6.07, 6.45) is 7.64. The summed E-state index contributed by atoms with van der Waals surface area (Å²) in [5.74, 6) is 1.80. The van der Waals surface area contributed by atoms with Crippen molar-refractivity contribution in [2.24, 2.45) is 0 Å². The second-order valence-corrected chi connectivity index (χ2v) is 12.2. The van der Waals surface area contributed by atoms with Crippen LogP contribution in [0.5, 0.6) is 0 Å². The first-order valence-corrected chi connectivity index (χ1v) is 16.4. The van der Waals surface area contributed by atoms with Crippen LogP contribution in [0, 0.1) is 0 Å². The van der Waals surface area contributed by atoms with Gasteiger partial charge in [0.15, 0.2) is 11.6 Å². The maximum Gasteiger partial charge on any atom is 0.238 e. The second-order valence-electron chi connectivity index (χ2n) is 12.2. The van der Waals surface area contributed by atoms with Crippen molar-refractivity contribution in [3.63, 3.8) is 0 Å². The molecular formula is C44H31N5. The van der Waals surface area contributed by atoms with Crippen molar-refractivity contribution in [1.29, 1.82) is 0 Å². The molecule has 6 aromatic carbocycles. The number of fused-ring (bicyclic) bond motifs is 10. The summed E-state index contributed by atoms with van der Waals surface area (Å²) in [5, 5.41) is 7.13. The lowest BCUT2D eigenvalue weighted by Gasteiger charge is -2.14. The Morgan fingerprint density at radius 1 is 0.551 bits per heavy atom. The molecule has 3 heterocycles. The van der Waals surface area contributed by atoms with E-state index in [0.29, 0.717) is 17.6 Å². The van der Waals surface area contributed by atoms with Gasteiger partial charge in [-0.1, -0.05) is 140 Å². The van der Waals surface area contributed by atoms with Crippen LogP contribution in [0.2, 0.25) is 0 Å². The van der Waals surface area contributed by atoms with E-state index in [9.17, 15) is 0 Å². The molecule has 0 aliphatic heterocycles. The van der Waals surface area contributed by atoms with E-state index < -0.39 is 0 Å². The largest absolute Gasteiger partial charge is 0.307 e. The van der Waals surface area contributed by atoms with E-state index in [1.807, 2.05) is 55.5 Å². The van der Waals surface area contributed by atoms with E-state index in [4.69, 9.17) is 15.0 Å². The second kappa shape index (κ2) is 11.6. The van der Waals surface area contributed by atoms with Gasteiger partial charge in [0.1, 0.15) is 0 Å². The van der Waals surface area contributed by atoms with Crippen molar-refractivity contribution in [1.82, 2.24) is 24.1 Å². The molecular weight excluding hydrogens is 599 g/mol. The van der Waals surface area contributed by atoms with Crippen LogP contribution in [-0.4, -0.2) is 24.1 Å². The molecule has 0 saturated carbocycles. The zero-order valence-electron chi connectivity index (χ0n) is 27.0. The molecule has 0 bridgehead atoms. The maximum atomic E-state index is 5.24. The molecule has 0 amide bonds. The minimum absolute atomic E-state index is 0.567. The Kier molecular flexibility index (Phi) is 6.76. The summed E-state index contributed by atoms with van der Waals surface area (Å²) in [6.45, 7) is 5.85. The molecule has 49 heavy (non-hydrogen) atoms. The Morgan fingerprint density at radius 2 is 1.08 bits per heavy atom. The van der Waals surface area contributed by atoms with Gasteiger partial charge in [0.05, 0.1) is 22.1 Å². The molecule has 232 valence electrons. The number of aromatic nitrogens is 5. The molecule has 0 saturated heterocycles. The number of rotatable bonds is 6. The minimum atomic E-state index is 0.567. The molecule has 0 spiro atoms. The SMILES string of the molecule is C=C/C=C\C=C(/C)c1nc(-c2ccccc2)nc(-n2c3ccccc3c3c4ccccc4c4c5ccccc5n(-c5ccccc5)c4c32)n1. The summed E-state index contributed by atoms with van der Waals surface area (Å²) in [6, 6.07) is 46.8. The smallest absolute Gasteiger partial charge is 0.238 e. The highest BCUT2D eigenvalue weighted by Crippen LogP contribution is 2.46. The molecule has 0 aliphatic rings. The highest BCUT2D eigenvalue weighted by Gasteiger charge is 2.26. The van der Waals surface area contributed by atoms with Crippen LogP contribution in [-0.2, 0) is 0 Å². The number of benzene rings is 6. The third kappa shape index (κ3) is 4.51. The first kappa shape index (κ1) is 28.6. The monoisotopic (exact) mass is 629 g/mol. The topological polar surface area (TPSA) is 48.5 Å². The lowest BCUT2D eigenvalue weighted by atomic mass is 9.98. The van der Waals surface area contributed by atoms with Gasteiger partial charge >= 0.3 is 0 Å². The Bertz CT molecular complexity index is 2780. The fourth-order valence-corrected chi connectivity index (χ4v) is 7.16. The van der Waals surface area contributed by atoms with Crippen LogP contribution in [0.25, 0.3) is 83.0 Å². The van der Waals surface area contributed by atoms with Crippen molar-refractivity contribution in [2.45, 2.75) is 6.92 Å². The van der Waals surface area contributed by atoms with Crippen molar-refractivity contribution in [3.8, 4) is 23.0 Å². The van der Waals surface area contributed by atoms with Crippen LogP contribution in [0.4, 0.5) is 0 Å². The van der Waals surface area contributed by atoms with Crippen LogP contribution in [0.1, 0.15) is 12.7 Å². The van der Waals surface area contributed by atoms with E-state index in [1.165, 1.54) is 26.9 Å². The molecule has 3 aromatic heterocycles. The standard InChI is InChI=1S/C44H31N5/c1-3-4-7-18-29(2)42-45-43(30-19-8-5-9-20-30)47-44(46-42)49-37-28-17-15-26-35(37)39-33-24-13-12-23-32(33)38-34-25-14-16-27-36(34)48(40(38)41(39)49)31-21-10-6-11-22-31/h3-28H,1H2,2H3/b7-4-,29-18+. The first-order valence-electron chi connectivity index (χ1n) is 16.4. The number of allylic oxidation sites excluding steroid dienone is 5. The van der Waals surface area contributed by atoms with Crippen molar-refractivity contribution in [2.75, 3.05) is 0 Å². The van der Waals surface area contributed by atoms with Gasteiger partial charge in [-0.15, -0.1) is 0 Å². The fraction of sp³-hybridized carbons (Fsp3) is 0.0227. The van der Waals surface area contributed by atoms with Gasteiger partial charge in [0.25, 0.3) is 0 Å². The van der Waals surface area contributed by atoms with Gasteiger partial charge in [-0.2, -0.15) is 9.97 Å². The van der Waals surface area contributed by atoms with E-state index in [1.54, 1.807) is 6.08 Å². The van der Waals surface area contributed by atoms with Gasteiger partial charge in [0, 0.05) is 32.8 Å². The van der Waals surface area contributed by atoms with Crippen molar-refractivity contribution in [3.05, 3.63) is 170 Å². The molecule has 0 atom stereocenters. The van der Waals surface area contributed by atoms with E-state index in [2.05, 4.69) is 119 Å². The van der Waals surface area contributed by atoms with Crippen LogP contribution < -0.4 is 0 Å². The predicted octanol–water partition coefficient (Wildman–Crippen LogP) is 11.0. The summed E-state index contributed by atoms with van der Waals surface area (Å²) in [4.78, 5) is 15.5. The molecule has 0 N–H and O–H groups in total. The molecule has 0 fully saturated rings. The molecule has 0 aliphatic carbocycles. The highest BCUT2D eigenvalue weighted by atomic mass is 15.2. The van der Waals surface area contributed by atoms with Crippen LogP contribution in [0.3, 0.4) is 0 Å². The zero-order chi connectivity index (χ0) is 32.9. The molecule has 9 rings (SSSR count). The van der Waals surface area contributed by atoms with Gasteiger partial charge < -0.3 is 4.57 Å². The third-order valence-electron chi connectivity index (χ3n) is 9.26. The number of para-hydroxylation sites is 3. The average Bonchev–Trinajstić information content (AvgIpc) is 3.70. The van der Waals surface area contributed by atoms with Gasteiger partial charge in [-0.3, -0.25) is 4.57 Å². The average molecular weight is 630 g/mol. The molecule has 5 nitrogen and oxygen atoms in total.